The van der Waals surface area contributed by atoms with Gasteiger partial charge in [-0.25, -0.2) is 9.97 Å². The number of rotatable bonds is 4. The molecule has 4 rings (SSSR count). The third-order valence-corrected chi connectivity index (χ3v) is 5.33. The third kappa shape index (κ3) is 3.16. The average molecular weight is 370 g/mol. The quantitative estimate of drug-likeness (QED) is 0.764. The SMILES string of the molecule is Cc1nc(NCc2cc3n(n2)CCN(C(=O)C(C)C)C3)c2ccsc2n1. The molecule has 0 aromatic carbocycles. The standard InChI is InChI=1S/C18H22N6OS/c1-11(2)18(25)23-5-6-24-14(10-23)8-13(22-24)9-19-16-15-4-7-26-17(15)21-12(3)20-16/h4,7-8,11H,5-6,9-10H2,1-3H3,(H,19,20,21). The molecule has 1 N–H and O–H groups in total. The van der Waals surface area contributed by atoms with Crippen LogP contribution in [-0.2, 0) is 24.4 Å². The normalized spacial score (nSPS) is 14.1. The van der Waals surface area contributed by atoms with Crippen LogP contribution in [0, 0.1) is 12.8 Å². The Balaban J connectivity index is 1.49. The largest absolute Gasteiger partial charge is 0.364 e. The molecule has 26 heavy (non-hydrogen) atoms. The van der Waals surface area contributed by atoms with E-state index in [0.29, 0.717) is 13.1 Å². The van der Waals surface area contributed by atoms with Crippen LogP contribution >= 0.6 is 11.3 Å². The van der Waals surface area contributed by atoms with Crippen molar-refractivity contribution in [3.8, 4) is 0 Å². The molecule has 0 bridgehead atoms. The van der Waals surface area contributed by atoms with Gasteiger partial charge in [0.15, 0.2) is 0 Å². The van der Waals surface area contributed by atoms with Crippen molar-refractivity contribution >= 4 is 33.3 Å². The van der Waals surface area contributed by atoms with Gasteiger partial charge in [0, 0.05) is 12.5 Å². The maximum atomic E-state index is 12.2. The zero-order chi connectivity index (χ0) is 18.3. The van der Waals surface area contributed by atoms with Crippen molar-refractivity contribution in [1.82, 2.24) is 24.6 Å². The van der Waals surface area contributed by atoms with Gasteiger partial charge in [-0.3, -0.25) is 9.48 Å². The first-order valence-corrected chi connectivity index (χ1v) is 9.69. The lowest BCUT2D eigenvalue weighted by Crippen LogP contribution is -2.40. The number of thiophene rings is 1. The van der Waals surface area contributed by atoms with Crippen LogP contribution in [0.15, 0.2) is 17.5 Å². The summed E-state index contributed by atoms with van der Waals surface area (Å²) in [6.07, 6.45) is 0. The molecule has 1 amide bonds. The summed E-state index contributed by atoms with van der Waals surface area (Å²) >= 11 is 1.62. The van der Waals surface area contributed by atoms with E-state index in [0.717, 1.165) is 46.3 Å². The summed E-state index contributed by atoms with van der Waals surface area (Å²) in [6, 6.07) is 4.11. The molecular weight excluding hydrogens is 348 g/mol. The Hall–Kier alpha value is -2.48. The Morgan fingerprint density at radius 2 is 2.19 bits per heavy atom. The summed E-state index contributed by atoms with van der Waals surface area (Å²) in [4.78, 5) is 24.1. The van der Waals surface area contributed by atoms with E-state index in [1.54, 1.807) is 11.3 Å². The molecule has 4 heterocycles. The minimum absolute atomic E-state index is 0.0274. The van der Waals surface area contributed by atoms with Crippen LogP contribution in [0.2, 0.25) is 0 Å². The second-order valence-corrected chi connectivity index (χ2v) is 7.77. The van der Waals surface area contributed by atoms with Gasteiger partial charge < -0.3 is 10.2 Å². The van der Waals surface area contributed by atoms with Crippen molar-refractivity contribution in [3.63, 3.8) is 0 Å². The highest BCUT2D eigenvalue weighted by atomic mass is 32.1. The van der Waals surface area contributed by atoms with E-state index in [1.807, 2.05) is 41.8 Å². The van der Waals surface area contributed by atoms with Gasteiger partial charge in [-0.1, -0.05) is 13.8 Å². The van der Waals surface area contributed by atoms with Crippen LogP contribution in [0.4, 0.5) is 5.82 Å². The molecule has 0 unspecified atom stereocenters. The Morgan fingerprint density at radius 3 is 3.00 bits per heavy atom. The predicted octanol–water partition coefficient (Wildman–Crippen LogP) is 2.81. The van der Waals surface area contributed by atoms with Gasteiger partial charge in [0.05, 0.1) is 36.4 Å². The fourth-order valence-electron chi connectivity index (χ4n) is 3.24. The second-order valence-electron chi connectivity index (χ2n) is 6.88. The fourth-order valence-corrected chi connectivity index (χ4v) is 4.05. The van der Waals surface area contributed by atoms with E-state index < -0.39 is 0 Å². The number of fused-ring (bicyclic) bond motifs is 2. The van der Waals surface area contributed by atoms with E-state index in [-0.39, 0.29) is 11.8 Å². The van der Waals surface area contributed by atoms with E-state index in [2.05, 4.69) is 26.4 Å². The minimum Gasteiger partial charge on any atom is -0.364 e. The van der Waals surface area contributed by atoms with Crippen LogP contribution in [0.5, 0.6) is 0 Å². The Bertz CT molecular complexity index is 960. The van der Waals surface area contributed by atoms with Gasteiger partial charge in [0.25, 0.3) is 0 Å². The molecule has 136 valence electrons. The molecule has 1 aliphatic heterocycles. The number of hydrogen-bond acceptors (Lipinski definition) is 6. The van der Waals surface area contributed by atoms with Crippen molar-refractivity contribution in [2.45, 2.75) is 40.4 Å². The maximum absolute atomic E-state index is 12.2. The van der Waals surface area contributed by atoms with Gasteiger partial charge in [-0.2, -0.15) is 5.10 Å². The summed E-state index contributed by atoms with van der Waals surface area (Å²) in [5, 5.41) is 11.1. The van der Waals surface area contributed by atoms with Crippen molar-refractivity contribution in [2.75, 3.05) is 11.9 Å². The van der Waals surface area contributed by atoms with Crippen LogP contribution in [0.1, 0.15) is 31.1 Å². The number of aromatic nitrogens is 4. The number of nitrogens with zero attached hydrogens (tertiary/aromatic N) is 5. The highest BCUT2D eigenvalue weighted by Crippen LogP contribution is 2.25. The molecule has 3 aromatic rings. The number of carbonyl (C=O) groups excluding carboxylic acids is 1. The molecule has 0 saturated heterocycles. The number of aryl methyl sites for hydroxylation is 1. The fraction of sp³-hybridized carbons (Fsp3) is 0.444. The van der Waals surface area contributed by atoms with Gasteiger partial charge in [-0.15, -0.1) is 11.3 Å². The first kappa shape index (κ1) is 17.0. The Morgan fingerprint density at radius 1 is 1.35 bits per heavy atom. The molecule has 0 saturated carbocycles. The van der Waals surface area contributed by atoms with Crippen molar-refractivity contribution < 1.29 is 4.79 Å². The summed E-state index contributed by atoms with van der Waals surface area (Å²) in [6.45, 7) is 8.48. The van der Waals surface area contributed by atoms with Gasteiger partial charge in [0.1, 0.15) is 16.5 Å². The van der Waals surface area contributed by atoms with Crippen molar-refractivity contribution in [2.24, 2.45) is 5.92 Å². The molecule has 0 spiro atoms. The summed E-state index contributed by atoms with van der Waals surface area (Å²) < 4.78 is 2.01. The lowest BCUT2D eigenvalue weighted by molar-refractivity contribution is -0.136. The third-order valence-electron chi connectivity index (χ3n) is 4.53. The number of amides is 1. The summed E-state index contributed by atoms with van der Waals surface area (Å²) in [5.74, 6) is 1.83. The molecule has 0 aliphatic carbocycles. The van der Waals surface area contributed by atoms with Gasteiger partial charge in [0.2, 0.25) is 5.91 Å². The van der Waals surface area contributed by atoms with Gasteiger partial charge >= 0.3 is 0 Å². The second kappa shape index (κ2) is 6.68. The molecule has 0 radical (unpaired) electrons. The van der Waals surface area contributed by atoms with E-state index in [4.69, 9.17) is 0 Å². The number of hydrogen-bond donors (Lipinski definition) is 1. The number of nitrogens with one attached hydrogen (secondary N) is 1. The van der Waals surface area contributed by atoms with Crippen LogP contribution in [0.25, 0.3) is 10.2 Å². The zero-order valence-electron chi connectivity index (χ0n) is 15.2. The highest BCUT2D eigenvalue weighted by Gasteiger charge is 2.23. The molecular formula is C18H22N6OS. The lowest BCUT2D eigenvalue weighted by atomic mass is 10.1. The van der Waals surface area contributed by atoms with E-state index in [9.17, 15) is 4.79 Å². The minimum atomic E-state index is 0.0274. The first-order valence-electron chi connectivity index (χ1n) is 8.81. The smallest absolute Gasteiger partial charge is 0.225 e. The molecule has 1 aliphatic rings. The van der Waals surface area contributed by atoms with Crippen LogP contribution in [-0.4, -0.2) is 37.1 Å². The zero-order valence-corrected chi connectivity index (χ0v) is 16.0. The predicted molar refractivity (Wildman–Crippen MR) is 102 cm³/mol. The number of anilines is 1. The van der Waals surface area contributed by atoms with Crippen LogP contribution in [0.3, 0.4) is 0 Å². The monoisotopic (exact) mass is 370 g/mol. The average Bonchev–Trinajstić information content (AvgIpc) is 3.24. The van der Waals surface area contributed by atoms with Crippen molar-refractivity contribution in [1.29, 1.82) is 0 Å². The highest BCUT2D eigenvalue weighted by molar-refractivity contribution is 7.16. The lowest BCUT2D eigenvalue weighted by Gasteiger charge is -2.29. The van der Waals surface area contributed by atoms with Crippen LogP contribution < -0.4 is 5.32 Å². The van der Waals surface area contributed by atoms with E-state index in [1.165, 1.54) is 0 Å². The Labute approximate surface area is 156 Å². The molecule has 7 nitrogen and oxygen atoms in total. The first-order chi connectivity index (χ1) is 12.5. The maximum Gasteiger partial charge on any atom is 0.225 e. The topological polar surface area (TPSA) is 75.9 Å². The molecule has 0 atom stereocenters. The molecule has 8 heteroatoms. The van der Waals surface area contributed by atoms with E-state index >= 15 is 0 Å². The van der Waals surface area contributed by atoms with Gasteiger partial charge in [-0.05, 0) is 24.4 Å². The number of carbonyl (C=O) groups is 1. The van der Waals surface area contributed by atoms with Crippen molar-refractivity contribution in [3.05, 3.63) is 34.7 Å². The summed E-state index contributed by atoms with van der Waals surface area (Å²) in [7, 11) is 0. The summed E-state index contributed by atoms with van der Waals surface area (Å²) in [5.41, 5.74) is 2.04. The molecule has 0 fully saturated rings. The Kier molecular flexibility index (Phi) is 4.36. The molecule has 3 aromatic heterocycles.